The summed E-state index contributed by atoms with van der Waals surface area (Å²) in [7, 11) is -4.64. The summed E-state index contributed by atoms with van der Waals surface area (Å²) in [5, 5.41) is 5.80. The third-order valence-electron chi connectivity index (χ3n) is 6.22. The van der Waals surface area contributed by atoms with Crippen molar-refractivity contribution in [2.24, 2.45) is 11.8 Å². The van der Waals surface area contributed by atoms with E-state index < -0.39 is 7.82 Å². The molecule has 0 spiro atoms. The van der Waals surface area contributed by atoms with Crippen LogP contribution in [0.5, 0.6) is 0 Å². The van der Waals surface area contributed by atoms with Gasteiger partial charge in [-0.2, -0.15) is 0 Å². The first-order chi connectivity index (χ1) is 16.4. The lowest BCUT2D eigenvalue weighted by Gasteiger charge is -2.25. The number of benzene rings is 1. The Kier molecular flexibility index (Phi) is 12.4. The zero-order valence-corrected chi connectivity index (χ0v) is 23.3. The lowest BCUT2D eigenvalue weighted by molar-refractivity contribution is 0.243. The van der Waals surface area contributed by atoms with Crippen LogP contribution in [0.15, 0.2) is 18.2 Å². The van der Waals surface area contributed by atoms with Gasteiger partial charge in [0.05, 0.1) is 5.52 Å². The number of pyridine rings is 1. The first kappa shape index (κ1) is 30.0. The van der Waals surface area contributed by atoms with Crippen molar-refractivity contribution in [2.45, 2.75) is 72.6 Å². The van der Waals surface area contributed by atoms with E-state index in [4.69, 9.17) is 35.8 Å². The molecule has 2 aromatic rings. The van der Waals surface area contributed by atoms with Crippen molar-refractivity contribution in [3.05, 3.63) is 34.5 Å². The van der Waals surface area contributed by atoms with Gasteiger partial charge in [0.15, 0.2) is 0 Å². The molecule has 1 aromatic carbocycles. The molecule has 4 N–H and O–H groups in total. The summed E-state index contributed by atoms with van der Waals surface area (Å²) in [6.45, 7) is 13.9. The van der Waals surface area contributed by atoms with E-state index in [1.54, 1.807) is 0 Å². The molecule has 0 atom stereocenters. The largest absolute Gasteiger partial charge is 0.466 e. The average molecular weight is 528 g/mol. The van der Waals surface area contributed by atoms with E-state index in [1.165, 1.54) is 74.1 Å². The molecule has 35 heavy (non-hydrogen) atoms. The van der Waals surface area contributed by atoms with Gasteiger partial charge in [-0.3, -0.25) is 4.98 Å². The second kappa shape index (κ2) is 14.5. The van der Waals surface area contributed by atoms with Crippen molar-refractivity contribution in [2.75, 3.05) is 31.5 Å². The van der Waals surface area contributed by atoms with Gasteiger partial charge in [0.2, 0.25) is 0 Å². The molecule has 1 aliphatic carbocycles. The summed E-state index contributed by atoms with van der Waals surface area (Å²) in [6.07, 6.45) is 8.47. The van der Waals surface area contributed by atoms with Crippen molar-refractivity contribution in [1.29, 1.82) is 0 Å². The van der Waals surface area contributed by atoms with Gasteiger partial charge in [-0.25, -0.2) is 4.57 Å². The monoisotopic (exact) mass is 527 g/mol. The van der Waals surface area contributed by atoms with E-state index in [-0.39, 0.29) is 0 Å². The number of anilines is 1. The van der Waals surface area contributed by atoms with Gasteiger partial charge in [0, 0.05) is 28.3 Å². The lowest BCUT2D eigenvalue weighted by atomic mass is 9.92. The summed E-state index contributed by atoms with van der Waals surface area (Å²) in [5.41, 5.74) is 5.05. The highest BCUT2D eigenvalue weighted by Gasteiger charge is 2.18. The highest BCUT2D eigenvalue weighted by Crippen LogP contribution is 2.34. The number of fused-ring (bicyclic) bond motifs is 2. The van der Waals surface area contributed by atoms with Gasteiger partial charge >= 0.3 is 7.82 Å². The van der Waals surface area contributed by atoms with Crippen LogP contribution >= 0.6 is 19.4 Å². The Morgan fingerprint density at radius 2 is 1.63 bits per heavy atom. The summed E-state index contributed by atoms with van der Waals surface area (Å²) < 4.78 is 8.88. The van der Waals surface area contributed by atoms with Crippen LogP contribution in [0, 0.1) is 11.8 Å². The molecule has 198 valence electrons. The third-order valence-corrected chi connectivity index (χ3v) is 6.46. The summed E-state index contributed by atoms with van der Waals surface area (Å²) in [4.78, 5) is 29.2. The van der Waals surface area contributed by atoms with Crippen LogP contribution in [0.1, 0.15) is 71.1 Å². The number of phosphoric acid groups is 1. The van der Waals surface area contributed by atoms with Crippen LogP contribution in [0.4, 0.5) is 5.69 Å². The predicted molar refractivity (Wildman–Crippen MR) is 146 cm³/mol. The highest BCUT2D eigenvalue weighted by molar-refractivity contribution is 7.45. The average Bonchev–Trinajstić information content (AvgIpc) is 2.75. The minimum Gasteiger partial charge on any atom is -0.384 e. The van der Waals surface area contributed by atoms with Crippen molar-refractivity contribution in [3.8, 4) is 0 Å². The molecule has 1 heterocycles. The van der Waals surface area contributed by atoms with Crippen LogP contribution in [0.2, 0.25) is 5.02 Å². The van der Waals surface area contributed by atoms with Gasteiger partial charge in [0.1, 0.15) is 0 Å². The summed E-state index contributed by atoms with van der Waals surface area (Å²) >= 11 is 6.25. The zero-order valence-electron chi connectivity index (χ0n) is 21.6. The molecule has 3 rings (SSSR count). The Balaban J connectivity index is 0.000000784. The van der Waals surface area contributed by atoms with Gasteiger partial charge in [-0.1, -0.05) is 39.3 Å². The van der Waals surface area contributed by atoms with E-state index in [0.29, 0.717) is 0 Å². The van der Waals surface area contributed by atoms with Crippen LogP contribution in [-0.2, 0) is 17.4 Å². The van der Waals surface area contributed by atoms with E-state index >= 15 is 0 Å². The summed E-state index contributed by atoms with van der Waals surface area (Å²) in [6, 6.07) is 6.14. The Hall–Kier alpha value is -1.21. The number of aryl methyl sites for hydroxylation is 1. The molecule has 7 nitrogen and oxygen atoms in total. The normalized spacial score (nSPS) is 13.8. The highest BCUT2D eigenvalue weighted by atomic mass is 35.5. The number of hydrogen-bond acceptors (Lipinski definition) is 4. The molecule has 0 bridgehead atoms. The Morgan fingerprint density at radius 3 is 2.23 bits per heavy atom. The Bertz CT molecular complexity index is 960. The fourth-order valence-electron chi connectivity index (χ4n) is 4.33. The quantitative estimate of drug-likeness (QED) is 0.209. The molecule has 0 saturated carbocycles. The number of rotatable bonds is 11. The minimum atomic E-state index is -4.64. The molecular weight excluding hydrogens is 485 g/mol. The van der Waals surface area contributed by atoms with Crippen LogP contribution in [0.3, 0.4) is 0 Å². The smallest absolute Gasteiger partial charge is 0.384 e. The maximum Gasteiger partial charge on any atom is 0.466 e. The van der Waals surface area contributed by atoms with Crippen LogP contribution in [-0.4, -0.2) is 50.7 Å². The van der Waals surface area contributed by atoms with Crippen molar-refractivity contribution >= 4 is 36.0 Å². The predicted octanol–water partition coefficient (Wildman–Crippen LogP) is 6.03. The van der Waals surface area contributed by atoms with Crippen LogP contribution in [0.25, 0.3) is 10.9 Å². The number of nitrogens with one attached hydrogen (secondary N) is 1. The second-order valence-electron chi connectivity index (χ2n) is 10.3. The Labute approximate surface area is 215 Å². The SMILES string of the molecule is CC(C)CCN(CCCNc1c2c(nc3cc(Cl)ccc13)CCCC2)CCC(C)C.O=P(O)(O)O. The van der Waals surface area contributed by atoms with Gasteiger partial charge in [0.25, 0.3) is 0 Å². The molecule has 0 aliphatic heterocycles. The second-order valence-corrected chi connectivity index (χ2v) is 11.7. The number of nitrogens with zero attached hydrogens (tertiary/aromatic N) is 2. The first-order valence-corrected chi connectivity index (χ1v) is 14.7. The topological polar surface area (TPSA) is 106 Å². The van der Waals surface area contributed by atoms with Crippen molar-refractivity contribution in [1.82, 2.24) is 9.88 Å². The van der Waals surface area contributed by atoms with Crippen molar-refractivity contribution in [3.63, 3.8) is 0 Å². The molecular formula is C26H43ClN3O4P. The molecule has 0 saturated heterocycles. The molecule has 1 aliphatic rings. The number of halogens is 1. The van der Waals surface area contributed by atoms with E-state index in [9.17, 15) is 0 Å². The Morgan fingerprint density at radius 1 is 1.03 bits per heavy atom. The maximum atomic E-state index is 8.88. The molecule has 0 radical (unpaired) electrons. The molecule has 0 fully saturated rings. The van der Waals surface area contributed by atoms with E-state index in [0.717, 1.165) is 41.8 Å². The van der Waals surface area contributed by atoms with Gasteiger partial charge < -0.3 is 24.9 Å². The van der Waals surface area contributed by atoms with Gasteiger partial charge in [-0.05, 0) is 100 Å². The standard InChI is InChI=1S/C26H40ClN3.H3O4P/c1-19(2)12-16-30(17-13-20(3)4)15-7-14-28-26-22-8-5-6-9-24(22)29-25-18-21(27)10-11-23(25)26;1-5(2,3)4/h10-11,18-20H,5-9,12-17H2,1-4H3,(H,28,29);(H3,1,2,3,4). The molecule has 9 heteroatoms. The fraction of sp³-hybridized carbons (Fsp3) is 0.654. The number of hydrogen-bond donors (Lipinski definition) is 4. The zero-order chi connectivity index (χ0) is 26.0. The fourth-order valence-corrected chi connectivity index (χ4v) is 4.50. The lowest BCUT2D eigenvalue weighted by Crippen LogP contribution is -2.30. The molecule has 1 aromatic heterocycles. The third kappa shape index (κ3) is 11.6. The maximum absolute atomic E-state index is 8.88. The van der Waals surface area contributed by atoms with Crippen molar-refractivity contribution < 1.29 is 19.2 Å². The molecule has 0 amide bonds. The van der Waals surface area contributed by atoms with Crippen LogP contribution < -0.4 is 5.32 Å². The first-order valence-electron chi connectivity index (χ1n) is 12.8. The van der Waals surface area contributed by atoms with E-state index in [2.05, 4.69) is 44.0 Å². The van der Waals surface area contributed by atoms with Gasteiger partial charge in [-0.15, -0.1) is 0 Å². The minimum absolute atomic E-state index is 0.766. The van der Waals surface area contributed by atoms with E-state index in [1.807, 2.05) is 12.1 Å². The summed E-state index contributed by atoms with van der Waals surface area (Å²) in [5.74, 6) is 1.54. The molecule has 0 unspecified atom stereocenters. The number of aromatic nitrogens is 1.